The molecule has 2 aromatic carbocycles. The highest BCUT2D eigenvalue weighted by molar-refractivity contribution is 6.30. The Morgan fingerprint density at radius 2 is 1.73 bits per heavy atom. The highest BCUT2D eigenvalue weighted by Crippen LogP contribution is 2.38. The summed E-state index contributed by atoms with van der Waals surface area (Å²) in [7, 11) is 1.96. The Labute approximate surface area is 218 Å². The van der Waals surface area contributed by atoms with Gasteiger partial charge in [0.25, 0.3) is 0 Å². The largest absolute Gasteiger partial charge is 0.416 e. The number of urea groups is 1. The normalized spacial score (nSPS) is 16.6. The molecule has 1 atom stereocenters. The van der Waals surface area contributed by atoms with Gasteiger partial charge in [-0.2, -0.15) is 13.2 Å². The lowest BCUT2D eigenvalue weighted by molar-refractivity contribution is -0.137. The van der Waals surface area contributed by atoms with Gasteiger partial charge in [0.2, 0.25) is 0 Å². The summed E-state index contributed by atoms with van der Waals surface area (Å²) in [6, 6.07) is 13.9. The molecule has 1 fully saturated rings. The van der Waals surface area contributed by atoms with Gasteiger partial charge >= 0.3 is 12.2 Å². The zero-order valence-electron chi connectivity index (χ0n) is 20.2. The van der Waals surface area contributed by atoms with E-state index in [2.05, 4.69) is 15.2 Å². The van der Waals surface area contributed by atoms with Crippen molar-refractivity contribution in [1.82, 2.24) is 20.1 Å². The number of likely N-dealkylation sites (N-methyl/N-ethyl adjacent to an activating group) is 1. The number of rotatable bonds is 5. The maximum atomic E-state index is 14.7. The molecule has 1 aliphatic heterocycles. The van der Waals surface area contributed by atoms with Crippen molar-refractivity contribution in [2.24, 2.45) is 0 Å². The standard InChI is InChI=1S/C27H27ClF4N4O/c1-35-10-5-11-36(13-12-35)25(37)34-26(17-19-6-3-2-4-7-19,24-9-8-22(28)18-33-24)20-14-21(27(30,31)32)16-23(29)15-20/h2-4,6-9,14-16,18H,5,10-13,17H2,1H3,(H,34,37)/t26-/m1/s1. The number of alkyl halides is 3. The van der Waals surface area contributed by atoms with E-state index in [9.17, 15) is 22.4 Å². The number of halogens is 5. The quantitative estimate of drug-likeness (QED) is 0.426. The van der Waals surface area contributed by atoms with Gasteiger partial charge in [0.05, 0.1) is 16.3 Å². The molecule has 0 saturated carbocycles. The minimum absolute atomic E-state index is 0.0305. The number of pyridine rings is 1. The third kappa shape index (κ3) is 6.40. The van der Waals surface area contributed by atoms with Crippen LogP contribution in [-0.4, -0.2) is 54.0 Å². The molecule has 0 aliphatic carbocycles. The second-order valence-corrected chi connectivity index (χ2v) is 9.67. The SMILES string of the molecule is CN1CCCN(C(=O)N[C@](Cc2ccccc2)(c2cc(F)cc(C(F)(F)F)c2)c2ccc(Cl)cn2)CC1. The van der Waals surface area contributed by atoms with Crippen molar-refractivity contribution in [3.63, 3.8) is 0 Å². The monoisotopic (exact) mass is 534 g/mol. The van der Waals surface area contributed by atoms with E-state index in [-0.39, 0.29) is 17.7 Å². The Morgan fingerprint density at radius 3 is 2.41 bits per heavy atom. The summed E-state index contributed by atoms with van der Waals surface area (Å²) in [6.45, 7) is 2.38. The summed E-state index contributed by atoms with van der Waals surface area (Å²) in [5.41, 5.74) is -1.89. The summed E-state index contributed by atoms with van der Waals surface area (Å²) in [5.74, 6) is -1.07. The van der Waals surface area contributed by atoms with Crippen molar-refractivity contribution in [1.29, 1.82) is 0 Å². The topological polar surface area (TPSA) is 48.5 Å². The molecule has 1 N–H and O–H groups in total. The lowest BCUT2D eigenvalue weighted by atomic mass is 9.79. The molecule has 1 saturated heterocycles. The first kappa shape index (κ1) is 26.9. The summed E-state index contributed by atoms with van der Waals surface area (Å²) in [6.07, 6.45) is -2.66. The van der Waals surface area contributed by atoms with E-state index in [1.165, 1.54) is 6.20 Å². The summed E-state index contributed by atoms with van der Waals surface area (Å²) in [4.78, 5) is 21.8. The van der Waals surface area contributed by atoms with Crippen LogP contribution in [0.3, 0.4) is 0 Å². The number of hydrogen-bond donors (Lipinski definition) is 1. The average Bonchev–Trinajstić information content (AvgIpc) is 3.08. The molecular formula is C27H27ClF4N4O. The van der Waals surface area contributed by atoms with E-state index in [4.69, 9.17) is 11.6 Å². The highest BCUT2D eigenvalue weighted by Gasteiger charge is 2.41. The molecule has 10 heteroatoms. The number of carbonyl (C=O) groups excluding carboxylic acids is 1. The molecule has 1 aromatic heterocycles. The Balaban J connectivity index is 1.90. The van der Waals surface area contributed by atoms with Crippen molar-refractivity contribution in [2.45, 2.75) is 24.6 Å². The van der Waals surface area contributed by atoms with E-state index >= 15 is 0 Å². The fourth-order valence-electron chi connectivity index (χ4n) is 4.56. The van der Waals surface area contributed by atoms with Gasteiger partial charge in [-0.3, -0.25) is 4.98 Å². The lowest BCUT2D eigenvalue weighted by Gasteiger charge is -2.37. The van der Waals surface area contributed by atoms with Gasteiger partial charge in [0.15, 0.2) is 0 Å². The van der Waals surface area contributed by atoms with Crippen LogP contribution in [0.25, 0.3) is 0 Å². The van der Waals surface area contributed by atoms with Crippen molar-refractivity contribution in [3.05, 3.63) is 100 Å². The van der Waals surface area contributed by atoms with Gasteiger partial charge in [-0.25, -0.2) is 9.18 Å². The Kier molecular flexibility index (Phi) is 8.04. The maximum Gasteiger partial charge on any atom is 0.416 e. The number of hydrogen-bond acceptors (Lipinski definition) is 3. The molecule has 0 bridgehead atoms. The van der Waals surface area contributed by atoms with Crippen LogP contribution in [0.2, 0.25) is 5.02 Å². The maximum absolute atomic E-state index is 14.7. The van der Waals surface area contributed by atoms with Crippen molar-refractivity contribution in [2.75, 3.05) is 33.2 Å². The van der Waals surface area contributed by atoms with Crippen molar-refractivity contribution >= 4 is 17.6 Å². The summed E-state index contributed by atoms with van der Waals surface area (Å²) < 4.78 is 56.0. The third-order valence-corrected chi connectivity index (χ3v) is 6.75. The molecule has 196 valence electrons. The second-order valence-electron chi connectivity index (χ2n) is 9.23. The minimum atomic E-state index is -4.79. The Bertz CT molecular complexity index is 1220. The van der Waals surface area contributed by atoms with Crippen molar-refractivity contribution < 1.29 is 22.4 Å². The highest BCUT2D eigenvalue weighted by atomic mass is 35.5. The molecule has 0 unspecified atom stereocenters. The van der Waals surface area contributed by atoms with Crippen LogP contribution >= 0.6 is 11.6 Å². The van der Waals surface area contributed by atoms with Crippen LogP contribution in [0.4, 0.5) is 22.4 Å². The van der Waals surface area contributed by atoms with E-state index in [0.717, 1.165) is 25.1 Å². The molecule has 0 spiro atoms. The van der Waals surface area contributed by atoms with E-state index in [0.29, 0.717) is 36.3 Å². The predicted octanol–water partition coefficient (Wildman–Crippen LogP) is 5.73. The van der Waals surface area contributed by atoms with E-state index in [1.54, 1.807) is 41.3 Å². The van der Waals surface area contributed by atoms with Crippen molar-refractivity contribution in [3.8, 4) is 0 Å². The van der Waals surface area contributed by atoms with Crippen LogP contribution < -0.4 is 5.32 Å². The Hall–Kier alpha value is -3.17. The van der Waals surface area contributed by atoms with Crippen LogP contribution in [-0.2, 0) is 18.1 Å². The summed E-state index contributed by atoms with van der Waals surface area (Å²) >= 11 is 6.07. The first-order chi connectivity index (χ1) is 17.6. The molecule has 1 aliphatic rings. The molecule has 3 aromatic rings. The number of aromatic nitrogens is 1. The van der Waals surface area contributed by atoms with Gasteiger partial charge in [-0.15, -0.1) is 0 Å². The van der Waals surface area contributed by atoms with Crippen LogP contribution in [0.15, 0.2) is 66.9 Å². The number of carbonyl (C=O) groups is 1. The number of nitrogens with zero attached hydrogens (tertiary/aromatic N) is 3. The zero-order chi connectivity index (χ0) is 26.6. The fraction of sp³-hybridized carbons (Fsp3) is 0.333. The van der Waals surface area contributed by atoms with Gasteiger partial charge < -0.3 is 15.1 Å². The van der Waals surface area contributed by atoms with Gasteiger partial charge in [-0.1, -0.05) is 41.9 Å². The third-order valence-electron chi connectivity index (χ3n) is 6.52. The van der Waals surface area contributed by atoms with Gasteiger partial charge in [0, 0.05) is 32.3 Å². The molecule has 0 radical (unpaired) electrons. The lowest BCUT2D eigenvalue weighted by Crippen LogP contribution is -2.54. The van der Waals surface area contributed by atoms with Gasteiger partial charge in [-0.05, 0) is 61.5 Å². The molecule has 37 heavy (non-hydrogen) atoms. The first-order valence-electron chi connectivity index (χ1n) is 11.9. The zero-order valence-corrected chi connectivity index (χ0v) is 21.0. The summed E-state index contributed by atoms with van der Waals surface area (Å²) in [5, 5.41) is 3.29. The van der Waals surface area contributed by atoms with Gasteiger partial charge in [0.1, 0.15) is 11.4 Å². The predicted molar refractivity (Wildman–Crippen MR) is 134 cm³/mol. The first-order valence-corrected chi connectivity index (χ1v) is 12.2. The molecular weight excluding hydrogens is 508 g/mol. The molecule has 4 rings (SSSR count). The van der Waals surface area contributed by atoms with E-state index in [1.807, 2.05) is 13.1 Å². The molecule has 2 amide bonds. The molecule has 5 nitrogen and oxygen atoms in total. The fourth-order valence-corrected chi connectivity index (χ4v) is 4.67. The number of nitrogens with one attached hydrogen (secondary N) is 1. The average molecular weight is 535 g/mol. The van der Waals surface area contributed by atoms with Crippen LogP contribution in [0, 0.1) is 5.82 Å². The number of amides is 2. The number of benzene rings is 2. The smallest absolute Gasteiger partial charge is 0.323 e. The molecule has 2 heterocycles. The van der Waals surface area contributed by atoms with Crippen LogP contribution in [0.5, 0.6) is 0 Å². The Morgan fingerprint density at radius 1 is 1.00 bits per heavy atom. The van der Waals surface area contributed by atoms with Crippen LogP contribution in [0.1, 0.15) is 28.8 Å². The van der Waals surface area contributed by atoms with E-state index < -0.39 is 29.1 Å². The minimum Gasteiger partial charge on any atom is -0.323 e. The second kappa shape index (κ2) is 11.1.